The molecule has 2 aromatic heterocycles. The van der Waals surface area contributed by atoms with Gasteiger partial charge in [0.25, 0.3) is 5.56 Å². The van der Waals surface area contributed by atoms with Gasteiger partial charge in [0.1, 0.15) is 15.7 Å². The number of carbonyl (C=O) groups is 2. The van der Waals surface area contributed by atoms with E-state index in [-0.39, 0.29) is 11.7 Å². The molecule has 2 rings (SSSR count). The van der Waals surface area contributed by atoms with E-state index in [4.69, 9.17) is 9.47 Å². The lowest BCUT2D eigenvalue weighted by molar-refractivity contribution is -0.144. The molecule has 0 aliphatic rings. The quantitative estimate of drug-likeness (QED) is 0.731. The van der Waals surface area contributed by atoms with Gasteiger partial charge in [-0.05, 0) is 32.3 Å². The molecule has 0 aromatic carbocycles. The van der Waals surface area contributed by atoms with Gasteiger partial charge in [-0.25, -0.2) is 14.6 Å². The molecule has 2 aromatic rings. The third kappa shape index (κ3) is 3.58. The molecule has 0 N–H and O–H groups in total. The van der Waals surface area contributed by atoms with Gasteiger partial charge < -0.3 is 9.47 Å². The maximum atomic E-state index is 12.9. The predicted octanol–water partition coefficient (Wildman–Crippen LogP) is 2.85. The summed E-state index contributed by atoms with van der Waals surface area (Å²) in [5.74, 6) is -0.962. The van der Waals surface area contributed by atoms with E-state index in [1.165, 1.54) is 18.0 Å². The van der Waals surface area contributed by atoms with Crippen LogP contribution in [0.15, 0.2) is 11.1 Å². The summed E-state index contributed by atoms with van der Waals surface area (Å²) in [4.78, 5) is 42.2. The molecule has 25 heavy (non-hydrogen) atoms. The number of nitrogens with zero attached hydrogens (tertiary/aromatic N) is 2. The van der Waals surface area contributed by atoms with Gasteiger partial charge >= 0.3 is 11.9 Å². The van der Waals surface area contributed by atoms with Crippen LogP contribution in [0.1, 0.15) is 54.9 Å². The van der Waals surface area contributed by atoms with Crippen molar-refractivity contribution in [2.24, 2.45) is 0 Å². The van der Waals surface area contributed by atoms with E-state index in [0.29, 0.717) is 33.5 Å². The van der Waals surface area contributed by atoms with E-state index in [1.54, 1.807) is 13.8 Å². The predicted molar refractivity (Wildman–Crippen MR) is 95.1 cm³/mol. The van der Waals surface area contributed by atoms with Crippen LogP contribution >= 0.6 is 11.3 Å². The minimum atomic E-state index is -0.746. The smallest absolute Gasteiger partial charge is 0.348 e. The highest BCUT2D eigenvalue weighted by Crippen LogP contribution is 2.28. The van der Waals surface area contributed by atoms with Crippen LogP contribution in [0.25, 0.3) is 10.2 Å². The summed E-state index contributed by atoms with van der Waals surface area (Å²) in [6.45, 7) is 7.22. The zero-order valence-corrected chi connectivity index (χ0v) is 15.8. The lowest BCUT2D eigenvalue weighted by Gasteiger charge is -2.15. The number of aryl methyl sites for hydroxylation is 1. The van der Waals surface area contributed by atoms with E-state index in [9.17, 15) is 14.4 Å². The average molecular weight is 366 g/mol. The fraction of sp³-hybridized carbons (Fsp3) is 0.529. The van der Waals surface area contributed by atoms with Crippen LogP contribution in [-0.2, 0) is 14.3 Å². The van der Waals surface area contributed by atoms with E-state index in [0.717, 1.165) is 11.3 Å². The highest BCUT2D eigenvalue weighted by molar-refractivity contribution is 7.20. The molecule has 0 radical (unpaired) electrons. The largest absolute Gasteiger partial charge is 0.467 e. The number of fused-ring (bicyclic) bond motifs is 1. The summed E-state index contributed by atoms with van der Waals surface area (Å²) in [7, 11) is 1.28. The Morgan fingerprint density at radius 3 is 2.56 bits per heavy atom. The molecule has 0 aliphatic heterocycles. The van der Waals surface area contributed by atoms with Crippen molar-refractivity contribution < 1.29 is 19.1 Å². The summed E-state index contributed by atoms with van der Waals surface area (Å²) in [6, 6.07) is -0.746. The van der Waals surface area contributed by atoms with Crippen LogP contribution in [0.5, 0.6) is 0 Å². The van der Waals surface area contributed by atoms with Crippen LogP contribution in [0.2, 0.25) is 0 Å². The van der Waals surface area contributed by atoms with Gasteiger partial charge in [-0.15, -0.1) is 11.3 Å². The van der Waals surface area contributed by atoms with Crippen LogP contribution in [0.3, 0.4) is 0 Å². The third-order valence-corrected chi connectivity index (χ3v) is 5.32. The zero-order chi connectivity index (χ0) is 18.7. The maximum absolute atomic E-state index is 12.9. The Labute approximate surface area is 149 Å². The molecule has 0 fully saturated rings. The molecule has 0 amide bonds. The Balaban J connectivity index is 2.55. The average Bonchev–Trinajstić information content (AvgIpc) is 2.94. The number of rotatable bonds is 6. The third-order valence-electron chi connectivity index (χ3n) is 4.14. The van der Waals surface area contributed by atoms with Gasteiger partial charge in [0.2, 0.25) is 0 Å². The van der Waals surface area contributed by atoms with Gasteiger partial charge in [-0.3, -0.25) is 9.36 Å². The van der Waals surface area contributed by atoms with Gasteiger partial charge in [-0.2, -0.15) is 0 Å². The van der Waals surface area contributed by atoms with E-state index >= 15 is 0 Å². The molecule has 0 bridgehead atoms. The van der Waals surface area contributed by atoms with Crippen LogP contribution in [0, 0.1) is 6.92 Å². The zero-order valence-electron chi connectivity index (χ0n) is 15.0. The monoisotopic (exact) mass is 366 g/mol. The van der Waals surface area contributed by atoms with Crippen molar-refractivity contribution in [2.45, 2.75) is 52.7 Å². The molecule has 8 heteroatoms. The first kappa shape index (κ1) is 19.1. The lowest BCUT2D eigenvalue weighted by Crippen LogP contribution is -2.30. The molecule has 0 spiro atoms. The number of aromatic nitrogens is 2. The molecule has 7 nitrogen and oxygen atoms in total. The van der Waals surface area contributed by atoms with E-state index in [1.807, 2.05) is 13.8 Å². The number of esters is 2. The Bertz CT molecular complexity index is 855. The number of hydrogen-bond acceptors (Lipinski definition) is 7. The molecule has 136 valence electrons. The van der Waals surface area contributed by atoms with Gasteiger partial charge in [0, 0.05) is 0 Å². The van der Waals surface area contributed by atoms with Crippen molar-refractivity contribution >= 4 is 33.5 Å². The van der Waals surface area contributed by atoms with Crippen LogP contribution in [-0.4, -0.2) is 34.7 Å². The van der Waals surface area contributed by atoms with Gasteiger partial charge in [0.05, 0.1) is 24.9 Å². The Morgan fingerprint density at radius 1 is 1.32 bits per heavy atom. The molecule has 0 aliphatic carbocycles. The molecule has 2 heterocycles. The van der Waals surface area contributed by atoms with Crippen molar-refractivity contribution in [3.05, 3.63) is 27.1 Å². The molecular weight excluding hydrogens is 344 g/mol. The Hall–Kier alpha value is -2.22. The Kier molecular flexibility index (Phi) is 5.94. The summed E-state index contributed by atoms with van der Waals surface area (Å²) >= 11 is 1.13. The Morgan fingerprint density at radius 2 is 2.00 bits per heavy atom. The molecule has 0 saturated carbocycles. The highest BCUT2D eigenvalue weighted by Gasteiger charge is 2.25. The second kappa shape index (κ2) is 7.77. The van der Waals surface area contributed by atoms with Crippen LogP contribution < -0.4 is 5.56 Å². The maximum Gasteiger partial charge on any atom is 0.348 e. The summed E-state index contributed by atoms with van der Waals surface area (Å²) in [5, 5.41) is 0.339. The fourth-order valence-electron chi connectivity index (χ4n) is 2.49. The second-order valence-corrected chi connectivity index (χ2v) is 6.76. The van der Waals surface area contributed by atoms with Crippen molar-refractivity contribution in [1.82, 2.24) is 9.55 Å². The number of ether oxygens (including phenoxy) is 2. The first-order valence-electron chi connectivity index (χ1n) is 8.14. The van der Waals surface area contributed by atoms with Crippen molar-refractivity contribution in [3.8, 4) is 0 Å². The molecular formula is C17H22N2O5S. The topological polar surface area (TPSA) is 87.5 Å². The molecule has 2 atom stereocenters. The van der Waals surface area contributed by atoms with Crippen molar-refractivity contribution in [1.29, 1.82) is 0 Å². The molecule has 2 unspecified atom stereocenters. The van der Waals surface area contributed by atoms with Gasteiger partial charge in [0.15, 0.2) is 0 Å². The second-order valence-electron chi connectivity index (χ2n) is 5.76. The van der Waals surface area contributed by atoms with Crippen molar-refractivity contribution in [3.63, 3.8) is 0 Å². The van der Waals surface area contributed by atoms with E-state index < -0.39 is 18.0 Å². The number of thiophene rings is 1. The highest BCUT2D eigenvalue weighted by atomic mass is 32.1. The normalized spacial score (nSPS) is 13.5. The summed E-state index contributed by atoms with van der Waals surface area (Å²) in [6.07, 6.45) is 2.23. The first-order valence-corrected chi connectivity index (χ1v) is 8.96. The molecule has 0 saturated heterocycles. The van der Waals surface area contributed by atoms with E-state index in [2.05, 4.69) is 4.98 Å². The first-order chi connectivity index (χ1) is 11.8. The summed E-state index contributed by atoms with van der Waals surface area (Å²) in [5.41, 5.74) is 0.165. The number of methoxy groups -OCH3 is 1. The lowest BCUT2D eigenvalue weighted by atomic mass is 10.2. The number of carbonyl (C=O) groups excluding carboxylic acids is 2. The van der Waals surface area contributed by atoms with Crippen LogP contribution in [0.4, 0.5) is 0 Å². The minimum Gasteiger partial charge on any atom is -0.467 e. The summed E-state index contributed by atoms with van der Waals surface area (Å²) < 4.78 is 11.4. The fourth-order valence-corrected chi connectivity index (χ4v) is 3.51. The SMILES string of the molecule is CCC(C)OC(=O)c1sc2ncn(C(CC)C(=O)OC)c(=O)c2c1C. The standard InChI is InChI=1S/C17H22N2O5S/c1-6-9(3)24-17(22)13-10(4)12-14(25-13)18-8-19(15(12)20)11(7-2)16(21)23-5/h8-9,11H,6-7H2,1-5H3. The number of hydrogen-bond donors (Lipinski definition) is 0. The van der Waals surface area contributed by atoms with Gasteiger partial charge in [-0.1, -0.05) is 13.8 Å². The minimum absolute atomic E-state index is 0.203. The van der Waals surface area contributed by atoms with Crippen molar-refractivity contribution in [2.75, 3.05) is 7.11 Å².